The summed E-state index contributed by atoms with van der Waals surface area (Å²) in [5.74, 6) is -2.40. The van der Waals surface area contributed by atoms with Crippen LogP contribution in [0.1, 0.15) is 6.42 Å². The van der Waals surface area contributed by atoms with Crippen molar-refractivity contribution in [1.29, 1.82) is 0 Å². The van der Waals surface area contributed by atoms with Crippen LogP contribution in [0.2, 0.25) is 5.02 Å². The van der Waals surface area contributed by atoms with Crippen molar-refractivity contribution in [3.05, 3.63) is 26.8 Å². The van der Waals surface area contributed by atoms with Gasteiger partial charge in [-0.1, -0.05) is 11.6 Å². The summed E-state index contributed by atoms with van der Waals surface area (Å²) >= 11 is 8.18. The van der Waals surface area contributed by atoms with E-state index in [4.69, 9.17) is 16.7 Å². The zero-order chi connectivity index (χ0) is 12.6. The summed E-state index contributed by atoms with van der Waals surface area (Å²) in [4.78, 5) is 24.2. The monoisotopic (exact) mass is 365 g/mol. The molecule has 1 heterocycles. The minimum absolute atomic E-state index is 0.330. The quantitative estimate of drug-likeness (QED) is 0.647. The molecule has 0 aliphatic carbocycles. The molecule has 0 aromatic heterocycles. The first-order chi connectivity index (χ1) is 8.00. The number of amides is 1. The Morgan fingerprint density at radius 1 is 1.53 bits per heavy atom. The van der Waals surface area contributed by atoms with E-state index >= 15 is 0 Å². The molecule has 1 unspecified atom stereocenters. The third-order valence-corrected chi connectivity index (χ3v) is 3.68. The number of carbonyl (C=O) groups excluding carboxylic acids is 1. The van der Waals surface area contributed by atoms with E-state index in [2.05, 4.69) is 22.6 Å². The SMILES string of the molecule is O=C(O)C1CCN(c2ccc(I)cc2Cl)C1=O. The highest BCUT2D eigenvalue weighted by molar-refractivity contribution is 14.1. The first-order valence-corrected chi connectivity index (χ1v) is 6.45. The Morgan fingerprint density at radius 3 is 2.76 bits per heavy atom. The number of hydrogen-bond donors (Lipinski definition) is 1. The molecule has 6 heteroatoms. The van der Waals surface area contributed by atoms with Crippen molar-refractivity contribution in [3.63, 3.8) is 0 Å². The molecule has 1 fully saturated rings. The predicted octanol–water partition coefficient (Wildman–Crippen LogP) is 2.38. The van der Waals surface area contributed by atoms with Gasteiger partial charge in [-0.25, -0.2) is 0 Å². The second-order valence-electron chi connectivity index (χ2n) is 3.77. The van der Waals surface area contributed by atoms with E-state index < -0.39 is 11.9 Å². The van der Waals surface area contributed by atoms with Crippen molar-refractivity contribution in [2.45, 2.75) is 6.42 Å². The van der Waals surface area contributed by atoms with Crippen LogP contribution in [-0.2, 0) is 9.59 Å². The second kappa shape index (κ2) is 4.81. The fourth-order valence-corrected chi connectivity index (χ4v) is 2.81. The highest BCUT2D eigenvalue weighted by Crippen LogP contribution is 2.32. The van der Waals surface area contributed by atoms with Gasteiger partial charge in [-0.15, -0.1) is 0 Å². The lowest BCUT2D eigenvalue weighted by atomic mass is 10.1. The van der Waals surface area contributed by atoms with Crippen molar-refractivity contribution in [2.75, 3.05) is 11.4 Å². The van der Waals surface area contributed by atoms with Gasteiger partial charge >= 0.3 is 5.97 Å². The fourth-order valence-electron chi connectivity index (χ4n) is 1.85. The molecule has 4 nitrogen and oxygen atoms in total. The van der Waals surface area contributed by atoms with E-state index in [1.807, 2.05) is 6.07 Å². The van der Waals surface area contributed by atoms with Crippen LogP contribution in [0.15, 0.2) is 18.2 Å². The number of carbonyl (C=O) groups is 2. The molecule has 1 atom stereocenters. The third-order valence-electron chi connectivity index (χ3n) is 2.70. The van der Waals surface area contributed by atoms with Crippen molar-refractivity contribution in [2.24, 2.45) is 5.92 Å². The molecule has 1 aromatic rings. The van der Waals surface area contributed by atoms with Crippen molar-refractivity contribution in [3.8, 4) is 0 Å². The Bertz CT molecular complexity index is 492. The normalized spacial score (nSPS) is 19.8. The molecule has 17 heavy (non-hydrogen) atoms. The lowest BCUT2D eigenvalue weighted by Crippen LogP contribution is -2.30. The summed E-state index contributed by atoms with van der Waals surface area (Å²) < 4.78 is 0.970. The lowest BCUT2D eigenvalue weighted by molar-refractivity contribution is -0.144. The van der Waals surface area contributed by atoms with Gasteiger partial charge < -0.3 is 10.0 Å². The van der Waals surface area contributed by atoms with Crippen molar-refractivity contribution < 1.29 is 14.7 Å². The molecule has 1 aliphatic heterocycles. The van der Waals surface area contributed by atoms with E-state index in [0.717, 1.165) is 3.57 Å². The van der Waals surface area contributed by atoms with Gasteiger partial charge in [-0.2, -0.15) is 0 Å². The van der Waals surface area contributed by atoms with E-state index in [9.17, 15) is 9.59 Å². The fraction of sp³-hybridized carbons (Fsp3) is 0.273. The van der Waals surface area contributed by atoms with E-state index in [0.29, 0.717) is 23.7 Å². The number of rotatable bonds is 2. The standard InChI is InChI=1S/C11H9ClINO3/c12-8-5-6(13)1-2-9(8)14-4-3-7(10(14)15)11(16)17/h1-2,5,7H,3-4H2,(H,16,17). The van der Waals surface area contributed by atoms with Crippen LogP contribution in [0.25, 0.3) is 0 Å². The maximum absolute atomic E-state index is 11.9. The second-order valence-corrected chi connectivity index (χ2v) is 5.42. The maximum Gasteiger partial charge on any atom is 0.316 e. The number of carboxylic acids is 1. The Labute approximate surface area is 117 Å². The summed E-state index contributed by atoms with van der Waals surface area (Å²) in [5.41, 5.74) is 0.584. The van der Waals surface area contributed by atoms with Crippen molar-refractivity contribution >= 4 is 51.8 Å². The molecule has 1 aromatic carbocycles. The van der Waals surface area contributed by atoms with Gasteiger partial charge in [0.1, 0.15) is 5.92 Å². The van der Waals surface area contributed by atoms with E-state index in [1.54, 1.807) is 12.1 Å². The predicted molar refractivity (Wildman–Crippen MR) is 72.3 cm³/mol. The lowest BCUT2D eigenvalue weighted by Gasteiger charge is -2.17. The van der Waals surface area contributed by atoms with Gasteiger partial charge in [0, 0.05) is 10.1 Å². The molecule has 0 radical (unpaired) electrons. The van der Waals surface area contributed by atoms with Gasteiger partial charge in [-0.05, 0) is 47.2 Å². The number of halogens is 2. The molecule has 1 N–H and O–H groups in total. The minimum atomic E-state index is -1.07. The number of hydrogen-bond acceptors (Lipinski definition) is 2. The Balaban J connectivity index is 2.30. The smallest absolute Gasteiger partial charge is 0.316 e. The zero-order valence-corrected chi connectivity index (χ0v) is 11.6. The average molecular weight is 366 g/mol. The minimum Gasteiger partial charge on any atom is -0.481 e. The van der Waals surface area contributed by atoms with Crippen LogP contribution in [0.5, 0.6) is 0 Å². The summed E-state index contributed by atoms with van der Waals surface area (Å²) in [6, 6.07) is 5.33. The van der Waals surface area contributed by atoms with Gasteiger partial charge in [0.2, 0.25) is 5.91 Å². The molecule has 0 saturated carbocycles. The zero-order valence-electron chi connectivity index (χ0n) is 8.69. The molecular formula is C11H9ClINO3. The molecule has 2 rings (SSSR count). The summed E-state index contributed by atoms with van der Waals surface area (Å²) in [5, 5.41) is 9.35. The van der Waals surface area contributed by atoms with Crippen LogP contribution in [-0.4, -0.2) is 23.5 Å². The maximum atomic E-state index is 11.9. The molecule has 90 valence electrons. The molecular weight excluding hydrogens is 356 g/mol. The van der Waals surface area contributed by atoms with E-state index in [-0.39, 0.29) is 5.91 Å². The third kappa shape index (κ3) is 2.40. The van der Waals surface area contributed by atoms with Gasteiger partial charge in [-0.3, -0.25) is 9.59 Å². The molecule has 1 amide bonds. The molecule has 0 bridgehead atoms. The van der Waals surface area contributed by atoms with Gasteiger partial charge in [0.15, 0.2) is 0 Å². The summed E-state index contributed by atoms with van der Waals surface area (Å²) in [6.07, 6.45) is 0.330. The molecule has 1 saturated heterocycles. The number of carboxylic acid groups (broad SMARTS) is 1. The van der Waals surface area contributed by atoms with Gasteiger partial charge in [0.05, 0.1) is 10.7 Å². The van der Waals surface area contributed by atoms with Crippen LogP contribution >= 0.6 is 34.2 Å². The van der Waals surface area contributed by atoms with Crippen LogP contribution in [0, 0.1) is 9.49 Å². The highest BCUT2D eigenvalue weighted by Gasteiger charge is 2.38. The summed E-state index contributed by atoms with van der Waals surface area (Å²) in [6.45, 7) is 0.399. The van der Waals surface area contributed by atoms with Crippen LogP contribution < -0.4 is 4.90 Å². The number of aliphatic carboxylic acids is 1. The van der Waals surface area contributed by atoms with Gasteiger partial charge in [0.25, 0.3) is 0 Å². The Morgan fingerprint density at radius 2 is 2.24 bits per heavy atom. The average Bonchev–Trinajstić information content (AvgIpc) is 2.60. The van der Waals surface area contributed by atoms with Crippen molar-refractivity contribution in [1.82, 2.24) is 0 Å². The first-order valence-electron chi connectivity index (χ1n) is 5.00. The van der Waals surface area contributed by atoms with E-state index in [1.165, 1.54) is 4.90 Å². The Hall–Kier alpha value is -0.820. The number of anilines is 1. The Kier molecular flexibility index (Phi) is 3.58. The number of nitrogens with zero attached hydrogens (tertiary/aromatic N) is 1. The highest BCUT2D eigenvalue weighted by atomic mass is 127. The first kappa shape index (κ1) is 12.6. The number of benzene rings is 1. The molecule has 1 aliphatic rings. The largest absolute Gasteiger partial charge is 0.481 e. The molecule has 0 spiro atoms. The summed E-state index contributed by atoms with van der Waals surface area (Å²) in [7, 11) is 0. The van der Waals surface area contributed by atoms with Crippen LogP contribution in [0.4, 0.5) is 5.69 Å². The van der Waals surface area contributed by atoms with Crippen LogP contribution in [0.3, 0.4) is 0 Å². The topological polar surface area (TPSA) is 57.6 Å².